The monoisotopic (exact) mass is 448 g/mol. The highest BCUT2D eigenvalue weighted by molar-refractivity contribution is 6.04. The highest BCUT2D eigenvalue weighted by atomic mass is 19.1. The van der Waals surface area contributed by atoms with Gasteiger partial charge in [0.1, 0.15) is 17.8 Å². The van der Waals surface area contributed by atoms with Crippen LogP contribution in [-0.2, 0) is 0 Å². The number of anilines is 4. The van der Waals surface area contributed by atoms with E-state index in [1.807, 2.05) is 23.1 Å². The van der Waals surface area contributed by atoms with E-state index in [9.17, 15) is 9.18 Å². The lowest BCUT2D eigenvalue weighted by Gasteiger charge is -2.35. The second-order valence-corrected chi connectivity index (χ2v) is 8.12. The van der Waals surface area contributed by atoms with Crippen molar-refractivity contribution in [1.82, 2.24) is 19.9 Å². The Hall–Kier alpha value is -3.82. The molecule has 1 unspecified atom stereocenters. The van der Waals surface area contributed by atoms with E-state index in [0.717, 1.165) is 32.0 Å². The Labute approximate surface area is 191 Å². The van der Waals surface area contributed by atoms with Crippen LogP contribution in [0, 0.1) is 0 Å². The van der Waals surface area contributed by atoms with Crippen LogP contribution in [0.3, 0.4) is 0 Å². The molecule has 2 fully saturated rings. The van der Waals surface area contributed by atoms with Crippen molar-refractivity contribution in [3.05, 3.63) is 60.7 Å². The first-order valence-corrected chi connectivity index (χ1v) is 11.0. The number of alkyl halides is 1. The highest BCUT2D eigenvalue weighted by Gasteiger charge is 2.23. The van der Waals surface area contributed by atoms with E-state index in [1.54, 1.807) is 30.7 Å². The molecule has 9 nitrogen and oxygen atoms in total. The number of nitrogens with zero attached hydrogens (tertiary/aromatic N) is 7. The van der Waals surface area contributed by atoms with E-state index in [0.29, 0.717) is 42.5 Å². The molecule has 2 saturated heterocycles. The number of halogens is 1. The molecule has 3 aromatic rings. The SMILES string of the molecule is O=C(Nc1cnc(N2CCN(c3ccccn3)CC2)nc1)c1ccc(N2CCC(F)C2)nc1. The van der Waals surface area contributed by atoms with Crippen molar-refractivity contribution in [2.75, 3.05) is 59.3 Å². The summed E-state index contributed by atoms with van der Waals surface area (Å²) in [6, 6.07) is 9.36. The molecule has 10 heteroatoms. The zero-order chi connectivity index (χ0) is 22.6. The van der Waals surface area contributed by atoms with Gasteiger partial charge in [-0.05, 0) is 30.7 Å². The van der Waals surface area contributed by atoms with Gasteiger partial charge in [0.2, 0.25) is 5.95 Å². The lowest BCUT2D eigenvalue weighted by atomic mass is 10.2. The van der Waals surface area contributed by atoms with Crippen molar-refractivity contribution in [1.29, 1.82) is 0 Å². The summed E-state index contributed by atoms with van der Waals surface area (Å²) in [6.45, 7) is 4.25. The number of hydrogen-bond acceptors (Lipinski definition) is 8. The van der Waals surface area contributed by atoms with Crippen molar-refractivity contribution in [3.8, 4) is 0 Å². The molecule has 5 heterocycles. The van der Waals surface area contributed by atoms with Crippen LogP contribution in [0.5, 0.6) is 0 Å². The Kier molecular flexibility index (Phi) is 5.97. The second-order valence-electron chi connectivity index (χ2n) is 8.12. The number of carbonyl (C=O) groups excluding carboxylic acids is 1. The van der Waals surface area contributed by atoms with E-state index < -0.39 is 6.17 Å². The highest BCUT2D eigenvalue weighted by Crippen LogP contribution is 2.20. The molecule has 1 atom stereocenters. The van der Waals surface area contributed by atoms with E-state index in [1.165, 1.54) is 6.20 Å². The Balaban J connectivity index is 1.15. The fraction of sp³-hybridized carbons (Fsp3) is 0.348. The maximum Gasteiger partial charge on any atom is 0.257 e. The molecule has 0 radical (unpaired) electrons. The molecule has 0 aliphatic carbocycles. The first-order valence-electron chi connectivity index (χ1n) is 11.0. The predicted molar refractivity (Wildman–Crippen MR) is 125 cm³/mol. The maximum atomic E-state index is 13.4. The number of carbonyl (C=O) groups is 1. The molecule has 170 valence electrons. The molecule has 5 rings (SSSR count). The summed E-state index contributed by atoms with van der Waals surface area (Å²) in [6.07, 6.45) is 6.22. The fourth-order valence-electron chi connectivity index (χ4n) is 4.06. The van der Waals surface area contributed by atoms with Crippen molar-refractivity contribution in [2.24, 2.45) is 0 Å². The van der Waals surface area contributed by atoms with Gasteiger partial charge >= 0.3 is 0 Å². The van der Waals surface area contributed by atoms with Crippen LogP contribution in [0.25, 0.3) is 0 Å². The van der Waals surface area contributed by atoms with Crippen LogP contribution in [0.1, 0.15) is 16.8 Å². The molecule has 2 aliphatic heterocycles. The molecule has 1 N–H and O–H groups in total. The van der Waals surface area contributed by atoms with Gasteiger partial charge in [0.05, 0.1) is 30.2 Å². The predicted octanol–water partition coefficient (Wildman–Crippen LogP) is 2.39. The molecule has 0 saturated carbocycles. The van der Waals surface area contributed by atoms with Crippen molar-refractivity contribution in [2.45, 2.75) is 12.6 Å². The molecular weight excluding hydrogens is 423 g/mol. The molecule has 1 amide bonds. The van der Waals surface area contributed by atoms with Gasteiger partial charge in [-0.1, -0.05) is 6.07 Å². The summed E-state index contributed by atoms with van der Waals surface area (Å²) >= 11 is 0. The second kappa shape index (κ2) is 9.35. The normalized spacial score (nSPS) is 18.5. The standard InChI is InChI=1S/C23H25FN8O/c24-18-6-8-32(16-18)21-5-4-17(13-26-21)22(33)29-19-14-27-23(28-15-19)31-11-9-30(10-12-31)20-3-1-2-7-25-20/h1-5,7,13-15,18H,6,8-12,16H2,(H,29,33). The van der Waals surface area contributed by atoms with E-state index >= 15 is 0 Å². The van der Waals surface area contributed by atoms with Gasteiger partial charge in [-0.15, -0.1) is 0 Å². The Morgan fingerprint density at radius 2 is 1.61 bits per heavy atom. The van der Waals surface area contributed by atoms with Crippen molar-refractivity contribution >= 4 is 29.2 Å². The van der Waals surface area contributed by atoms with Gasteiger partial charge in [-0.3, -0.25) is 4.79 Å². The zero-order valence-corrected chi connectivity index (χ0v) is 18.1. The van der Waals surface area contributed by atoms with Crippen LogP contribution in [0.15, 0.2) is 55.1 Å². The van der Waals surface area contributed by atoms with Crippen LogP contribution in [0.4, 0.5) is 27.7 Å². The van der Waals surface area contributed by atoms with Crippen LogP contribution in [-0.4, -0.2) is 71.3 Å². The summed E-state index contributed by atoms with van der Waals surface area (Å²) in [5.41, 5.74) is 0.934. The molecule has 2 aliphatic rings. The minimum absolute atomic E-state index is 0.292. The van der Waals surface area contributed by atoms with Gasteiger partial charge in [0, 0.05) is 45.1 Å². The summed E-state index contributed by atoms with van der Waals surface area (Å²) < 4.78 is 13.4. The molecule has 33 heavy (non-hydrogen) atoms. The Bertz CT molecular complexity index is 1070. The van der Waals surface area contributed by atoms with Gasteiger partial charge < -0.3 is 20.0 Å². The average Bonchev–Trinajstić information content (AvgIpc) is 3.31. The third-order valence-electron chi connectivity index (χ3n) is 5.90. The minimum atomic E-state index is -0.817. The van der Waals surface area contributed by atoms with E-state index in [4.69, 9.17) is 0 Å². The fourth-order valence-corrected chi connectivity index (χ4v) is 4.06. The lowest BCUT2D eigenvalue weighted by Crippen LogP contribution is -2.47. The first-order chi connectivity index (χ1) is 16.2. The van der Waals surface area contributed by atoms with Gasteiger partial charge in [-0.25, -0.2) is 24.3 Å². The minimum Gasteiger partial charge on any atom is -0.354 e. The molecule has 0 aromatic carbocycles. The van der Waals surface area contributed by atoms with Crippen LogP contribution >= 0.6 is 0 Å². The number of hydrogen-bond donors (Lipinski definition) is 1. The van der Waals surface area contributed by atoms with Crippen molar-refractivity contribution < 1.29 is 9.18 Å². The summed E-state index contributed by atoms with van der Waals surface area (Å²) in [5, 5.41) is 2.80. The maximum absolute atomic E-state index is 13.4. The van der Waals surface area contributed by atoms with Crippen LogP contribution in [0.2, 0.25) is 0 Å². The Morgan fingerprint density at radius 3 is 2.24 bits per heavy atom. The topological polar surface area (TPSA) is 90.4 Å². The van der Waals surface area contributed by atoms with Gasteiger partial charge in [-0.2, -0.15) is 0 Å². The number of aromatic nitrogens is 4. The van der Waals surface area contributed by atoms with Gasteiger partial charge in [0.25, 0.3) is 5.91 Å². The smallest absolute Gasteiger partial charge is 0.257 e. The molecule has 3 aromatic heterocycles. The summed E-state index contributed by atoms with van der Waals surface area (Å²) in [5.74, 6) is 2.00. The largest absolute Gasteiger partial charge is 0.354 e. The summed E-state index contributed by atoms with van der Waals surface area (Å²) in [4.78, 5) is 36.4. The number of pyridine rings is 2. The summed E-state index contributed by atoms with van der Waals surface area (Å²) in [7, 11) is 0. The van der Waals surface area contributed by atoms with E-state index in [2.05, 4.69) is 35.1 Å². The number of rotatable bonds is 5. The van der Waals surface area contributed by atoms with Crippen LogP contribution < -0.4 is 20.0 Å². The van der Waals surface area contributed by atoms with E-state index in [-0.39, 0.29) is 5.91 Å². The third-order valence-corrected chi connectivity index (χ3v) is 5.90. The van der Waals surface area contributed by atoms with Crippen molar-refractivity contribution in [3.63, 3.8) is 0 Å². The molecule has 0 bridgehead atoms. The third kappa shape index (κ3) is 4.84. The number of amides is 1. The lowest BCUT2D eigenvalue weighted by molar-refractivity contribution is 0.102. The molecular formula is C23H25FN8O. The zero-order valence-electron chi connectivity index (χ0n) is 18.1. The number of piperazine rings is 1. The first kappa shape index (κ1) is 21.0. The number of nitrogens with one attached hydrogen (secondary N) is 1. The Morgan fingerprint density at radius 1 is 0.848 bits per heavy atom. The van der Waals surface area contributed by atoms with Gasteiger partial charge in [0.15, 0.2) is 0 Å². The average molecular weight is 449 g/mol. The quantitative estimate of drug-likeness (QED) is 0.636. The molecule has 0 spiro atoms.